The van der Waals surface area contributed by atoms with E-state index in [1.165, 1.54) is 6.08 Å². The number of nitrogens with one attached hydrogen (secondary N) is 1. The van der Waals surface area contributed by atoms with Crippen LogP contribution in [0.15, 0.2) is 35.1 Å². The molecule has 0 saturated heterocycles. The summed E-state index contributed by atoms with van der Waals surface area (Å²) in [7, 11) is -1.83. The van der Waals surface area contributed by atoms with Crippen LogP contribution in [0.1, 0.15) is 37.4 Å². The summed E-state index contributed by atoms with van der Waals surface area (Å²) < 4.78 is 30.6. The van der Waals surface area contributed by atoms with Crippen LogP contribution in [0, 0.1) is 6.92 Å². The molecule has 0 aliphatic heterocycles. The van der Waals surface area contributed by atoms with Gasteiger partial charge in [0.1, 0.15) is 11.5 Å². The maximum absolute atomic E-state index is 12.2. The first-order valence-corrected chi connectivity index (χ1v) is 12.1. The number of rotatable bonds is 8. The average Bonchev–Trinajstić information content (AvgIpc) is 3.18. The Morgan fingerprint density at radius 3 is 2.83 bits per heavy atom. The van der Waals surface area contributed by atoms with Crippen LogP contribution in [0.5, 0.6) is 0 Å². The van der Waals surface area contributed by atoms with Crippen molar-refractivity contribution in [2.45, 2.75) is 33.1 Å². The molecule has 8 nitrogen and oxygen atoms in total. The number of hydrogen-bond acceptors (Lipinski definition) is 5. The van der Waals surface area contributed by atoms with E-state index >= 15 is 0 Å². The summed E-state index contributed by atoms with van der Waals surface area (Å²) in [5, 5.41) is 5.40. The van der Waals surface area contributed by atoms with Crippen LogP contribution in [0.3, 0.4) is 0 Å². The molecule has 3 aromatic rings. The molecular formula is C20H24BrN5O3S. The van der Waals surface area contributed by atoms with E-state index in [1.54, 1.807) is 17.0 Å². The predicted molar refractivity (Wildman–Crippen MR) is 121 cm³/mol. The van der Waals surface area contributed by atoms with Crippen molar-refractivity contribution in [1.29, 1.82) is 0 Å². The fourth-order valence-electron chi connectivity index (χ4n) is 3.25. The lowest BCUT2D eigenvalue weighted by atomic mass is 10.2. The van der Waals surface area contributed by atoms with Gasteiger partial charge in [0.25, 0.3) is 5.91 Å². The highest BCUT2D eigenvalue weighted by Crippen LogP contribution is 2.25. The Balaban J connectivity index is 1.88. The summed E-state index contributed by atoms with van der Waals surface area (Å²) in [4.78, 5) is 16.7. The fraction of sp³-hybridized carbons (Fsp3) is 0.350. The lowest BCUT2D eigenvalue weighted by Gasteiger charge is -2.07. The molecule has 0 atom stereocenters. The summed E-state index contributed by atoms with van der Waals surface area (Å²) in [6.07, 6.45) is 8.65. The Morgan fingerprint density at radius 2 is 2.10 bits per heavy atom. The highest BCUT2D eigenvalue weighted by molar-refractivity contribution is 9.10. The van der Waals surface area contributed by atoms with E-state index in [0.29, 0.717) is 17.7 Å². The maximum Gasteiger partial charge on any atom is 0.257 e. The normalized spacial score (nSPS) is 12.1. The molecule has 3 heterocycles. The zero-order valence-electron chi connectivity index (χ0n) is 17.1. The molecule has 30 heavy (non-hydrogen) atoms. The van der Waals surface area contributed by atoms with E-state index in [9.17, 15) is 13.2 Å². The maximum atomic E-state index is 12.2. The van der Waals surface area contributed by atoms with Crippen LogP contribution in [-0.2, 0) is 21.9 Å². The van der Waals surface area contributed by atoms with Crippen LogP contribution in [0.25, 0.3) is 22.9 Å². The lowest BCUT2D eigenvalue weighted by Crippen LogP contribution is -2.31. The Hall–Kier alpha value is -2.46. The van der Waals surface area contributed by atoms with E-state index < -0.39 is 15.9 Å². The van der Waals surface area contributed by atoms with E-state index in [-0.39, 0.29) is 5.75 Å². The highest BCUT2D eigenvalue weighted by Gasteiger charge is 2.17. The number of unbranched alkanes of at least 4 members (excludes halogenated alkanes) is 2. The smallest absolute Gasteiger partial charge is 0.257 e. The number of aryl methyl sites for hydroxylation is 2. The minimum Gasteiger partial charge on any atom is -0.285 e. The van der Waals surface area contributed by atoms with Gasteiger partial charge in [-0.3, -0.25) is 14.0 Å². The summed E-state index contributed by atoms with van der Waals surface area (Å²) in [6.45, 7) is 3.82. The van der Waals surface area contributed by atoms with Crippen molar-refractivity contribution in [3.63, 3.8) is 0 Å². The third kappa shape index (κ3) is 4.99. The molecule has 0 aliphatic rings. The average molecular weight is 494 g/mol. The van der Waals surface area contributed by atoms with Crippen LogP contribution in [0.4, 0.5) is 0 Å². The second-order valence-electron chi connectivity index (χ2n) is 7.02. The zero-order chi connectivity index (χ0) is 21.9. The second kappa shape index (κ2) is 9.13. The number of nitrogens with zero attached hydrogens (tertiary/aromatic N) is 4. The van der Waals surface area contributed by atoms with E-state index in [0.717, 1.165) is 34.2 Å². The SMILES string of the molecule is CCCCCS(=O)(=O)NC(=O)/C=C/c1c(C)nn(C)c1-n1ccc2cc(Br)cnc21. The van der Waals surface area contributed by atoms with Gasteiger partial charge in [-0.25, -0.2) is 18.1 Å². The Morgan fingerprint density at radius 1 is 1.33 bits per heavy atom. The molecule has 0 aromatic carbocycles. The van der Waals surface area contributed by atoms with Crippen molar-refractivity contribution in [3.8, 4) is 5.82 Å². The van der Waals surface area contributed by atoms with E-state index in [1.807, 2.05) is 43.8 Å². The van der Waals surface area contributed by atoms with Crippen LogP contribution in [0.2, 0.25) is 0 Å². The van der Waals surface area contributed by atoms with Gasteiger partial charge < -0.3 is 0 Å². The van der Waals surface area contributed by atoms with Crippen LogP contribution in [-0.4, -0.2) is 39.4 Å². The highest BCUT2D eigenvalue weighted by atomic mass is 79.9. The number of hydrogen-bond donors (Lipinski definition) is 1. The van der Waals surface area contributed by atoms with Gasteiger partial charge >= 0.3 is 0 Å². The standard InChI is InChI=1S/C20H24BrN5O3S/c1-4-5-6-11-30(28,29)24-18(27)8-7-17-14(2)23-25(3)20(17)26-10-9-15-12-16(21)13-22-19(15)26/h7-10,12-13H,4-6,11H2,1-3H3,(H,24,27)/b8-7+. The first kappa shape index (κ1) is 22.2. The molecule has 1 amide bonds. The van der Waals surface area contributed by atoms with Crippen LogP contribution < -0.4 is 4.72 Å². The Labute approximate surface area is 184 Å². The first-order chi connectivity index (χ1) is 14.2. The molecular weight excluding hydrogens is 470 g/mol. The number of halogens is 1. The summed E-state index contributed by atoms with van der Waals surface area (Å²) in [5.41, 5.74) is 2.17. The second-order valence-corrected chi connectivity index (χ2v) is 9.78. The molecule has 0 fully saturated rings. The molecule has 0 radical (unpaired) electrons. The first-order valence-electron chi connectivity index (χ1n) is 9.61. The third-order valence-corrected chi connectivity index (χ3v) is 6.40. The van der Waals surface area contributed by atoms with Crippen molar-refractivity contribution in [3.05, 3.63) is 46.3 Å². The number of pyridine rings is 1. The number of fused-ring (bicyclic) bond motifs is 1. The van der Waals surface area contributed by atoms with Gasteiger partial charge in [0.15, 0.2) is 0 Å². The van der Waals surface area contributed by atoms with Crippen molar-refractivity contribution in [2.24, 2.45) is 7.05 Å². The van der Waals surface area contributed by atoms with Gasteiger partial charge in [-0.2, -0.15) is 5.10 Å². The number of carbonyl (C=O) groups is 1. The monoisotopic (exact) mass is 493 g/mol. The topological polar surface area (TPSA) is 98.9 Å². The molecule has 0 bridgehead atoms. The minimum absolute atomic E-state index is 0.0613. The molecule has 0 aliphatic carbocycles. The summed E-state index contributed by atoms with van der Waals surface area (Å²) in [6, 6.07) is 3.91. The summed E-state index contributed by atoms with van der Waals surface area (Å²) >= 11 is 3.42. The van der Waals surface area contributed by atoms with Gasteiger partial charge in [-0.05, 0) is 47.5 Å². The van der Waals surface area contributed by atoms with Crippen molar-refractivity contribution in [2.75, 3.05) is 5.75 Å². The summed E-state index contributed by atoms with van der Waals surface area (Å²) in [5.74, 6) is -0.0129. The van der Waals surface area contributed by atoms with Crippen molar-refractivity contribution in [1.82, 2.24) is 24.1 Å². The van der Waals surface area contributed by atoms with E-state index in [4.69, 9.17) is 0 Å². The molecule has 160 valence electrons. The molecule has 3 rings (SSSR count). The van der Waals surface area contributed by atoms with Gasteiger partial charge in [-0.15, -0.1) is 0 Å². The molecule has 10 heteroatoms. The lowest BCUT2D eigenvalue weighted by molar-refractivity contribution is -0.114. The van der Waals surface area contributed by atoms with Gasteiger partial charge in [0, 0.05) is 40.9 Å². The largest absolute Gasteiger partial charge is 0.285 e. The Bertz CT molecular complexity index is 1210. The van der Waals surface area contributed by atoms with Crippen molar-refractivity contribution >= 4 is 49.0 Å². The van der Waals surface area contributed by atoms with Crippen molar-refractivity contribution < 1.29 is 13.2 Å². The minimum atomic E-state index is -3.64. The van der Waals surface area contributed by atoms with Gasteiger partial charge in [-0.1, -0.05) is 19.8 Å². The van der Waals surface area contributed by atoms with Gasteiger partial charge in [0.2, 0.25) is 10.0 Å². The molecule has 3 aromatic heterocycles. The number of aromatic nitrogens is 4. The molecule has 0 spiro atoms. The Kier molecular flexibility index (Phi) is 6.77. The molecule has 1 N–H and O–H groups in total. The van der Waals surface area contributed by atoms with Gasteiger partial charge in [0.05, 0.1) is 11.4 Å². The quantitative estimate of drug-likeness (QED) is 0.382. The number of amides is 1. The fourth-order valence-corrected chi connectivity index (χ4v) is 4.66. The molecule has 0 saturated carbocycles. The third-order valence-electron chi connectivity index (χ3n) is 4.63. The van der Waals surface area contributed by atoms with E-state index in [2.05, 4.69) is 30.7 Å². The number of sulfonamides is 1. The predicted octanol–water partition coefficient (Wildman–Crippen LogP) is 3.48. The number of carbonyl (C=O) groups excluding carboxylic acids is 1. The molecule has 0 unspecified atom stereocenters. The zero-order valence-corrected chi connectivity index (χ0v) is 19.5. The van der Waals surface area contributed by atoms with Crippen LogP contribution >= 0.6 is 15.9 Å².